The first-order chi connectivity index (χ1) is 11.2. The van der Waals surface area contributed by atoms with Gasteiger partial charge in [0.05, 0.1) is 13.1 Å². The van der Waals surface area contributed by atoms with Crippen LogP contribution < -0.4 is 0 Å². The Morgan fingerprint density at radius 3 is 2.83 bits per heavy atom. The molecule has 1 aliphatic heterocycles. The summed E-state index contributed by atoms with van der Waals surface area (Å²) in [4.78, 5) is 6.88. The van der Waals surface area contributed by atoms with Crippen molar-refractivity contribution in [3.05, 3.63) is 17.5 Å². The van der Waals surface area contributed by atoms with Crippen molar-refractivity contribution in [3.8, 4) is 0 Å². The molecule has 1 unspecified atom stereocenters. The molecule has 8 nitrogen and oxygen atoms in total. The average molecular weight is 318 g/mol. The number of hydrogen-bond donors (Lipinski definition) is 0. The molecular formula is C15H26N8. The largest absolute Gasteiger partial charge is 0.291 e. The summed E-state index contributed by atoms with van der Waals surface area (Å²) >= 11 is 0. The van der Waals surface area contributed by atoms with E-state index in [1.807, 2.05) is 23.2 Å². The van der Waals surface area contributed by atoms with E-state index < -0.39 is 0 Å². The van der Waals surface area contributed by atoms with Gasteiger partial charge in [0.2, 0.25) is 0 Å². The molecule has 3 heterocycles. The second-order valence-electron chi connectivity index (χ2n) is 6.33. The fourth-order valence-corrected chi connectivity index (χ4v) is 3.24. The van der Waals surface area contributed by atoms with Crippen LogP contribution in [0.1, 0.15) is 50.1 Å². The zero-order chi connectivity index (χ0) is 16.2. The number of likely N-dealkylation sites (tertiary alicyclic amines) is 1. The lowest BCUT2D eigenvalue weighted by atomic mass is 10.2. The fraction of sp³-hybridized carbons (Fsp3) is 0.800. The van der Waals surface area contributed by atoms with E-state index in [-0.39, 0.29) is 0 Å². The van der Waals surface area contributed by atoms with Crippen LogP contribution in [0.4, 0.5) is 0 Å². The van der Waals surface area contributed by atoms with Crippen LogP contribution in [-0.4, -0.2) is 52.5 Å². The quantitative estimate of drug-likeness (QED) is 0.767. The molecule has 3 rings (SSSR count). The lowest BCUT2D eigenvalue weighted by Crippen LogP contribution is -2.34. The molecule has 8 heteroatoms. The van der Waals surface area contributed by atoms with Crippen LogP contribution in [0.2, 0.25) is 0 Å². The molecule has 1 atom stereocenters. The summed E-state index contributed by atoms with van der Waals surface area (Å²) < 4.78 is 3.97. The molecule has 0 radical (unpaired) electrons. The molecule has 0 N–H and O–H groups in total. The topological polar surface area (TPSA) is 77.5 Å². The zero-order valence-corrected chi connectivity index (χ0v) is 14.3. The molecule has 0 bridgehead atoms. The minimum Gasteiger partial charge on any atom is -0.291 e. The average Bonchev–Trinajstić information content (AvgIpc) is 3.21. The normalized spacial score (nSPS) is 18.8. The van der Waals surface area contributed by atoms with Crippen LogP contribution in [0.3, 0.4) is 0 Å². The summed E-state index contributed by atoms with van der Waals surface area (Å²) in [6, 6.07) is 0.478. The van der Waals surface area contributed by atoms with E-state index in [1.54, 1.807) is 0 Å². The van der Waals surface area contributed by atoms with E-state index >= 15 is 0 Å². The molecule has 23 heavy (non-hydrogen) atoms. The first-order valence-electron chi connectivity index (χ1n) is 8.54. The summed E-state index contributed by atoms with van der Waals surface area (Å²) in [5.41, 5.74) is 0. The van der Waals surface area contributed by atoms with E-state index in [0.29, 0.717) is 6.04 Å². The van der Waals surface area contributed by atoms with E-state index in [4.69, 9.17) is 0 Å². The van der Waals surface area contributed by atoms with Crippen LogP contribution in [0.25, 0.3) is 0 Å². The van der Waals surface area contributed by atoms with E-state index in [9.17, 15) is 0 Å². The third-order valence-electron chi connectivity index (χ3n) is 4.52. The lowest BCUT2D eigenvalue weighted by molar-refractivity contribution is 0.209. The maximum atomic E-state index is 4.50. The number of nitrogens with zero attached hydrogens (tertiary/aromatic N) is 8. The van der Waals surface area contributed by atoms with Crippen LogP contribution in [0, 0.1) is 13.8 Å². The molecule has 1 fully saturated rings. The minimum atomic E-state index is 0.478. The van der Waals surface area contributed by atoms with Crippen molar-refractivity contribution >= 4 is 0 Å². The predicted octanol–water partition coefficient (Wildman–Crippen LogP) is 1.35. The van der Waals surface area contributed by atoms with Crippen molar-refractivity contribution in [1.29, 1.82) is 0 Å². The highest BCUT2D eigenvalue weighted by Crippen LogP contribution is 2.21. The smallest absolute Gasteiger partial charge is 0.165 e. The Bertz CT molecular complexity index is 631. The van der Waals surface area contributed by atoms with Gasteiger partial charge >= 0.3 is 0 Å². The summed E-state index contributed by atoms with van der Waals surface area (Å²) in [6.07, 6.45) is 4.66. The first-order valence-corrected chi connectivity index (χ1v) is 8.54. The van der Waals surface area contributed by atoms with Gasteiger partial charge in [-0.15, -0.1) is 5.10 Å². The van der Waals surface area contributed by atoms with Gasteiger partial charge in [0, 0.05) is 12.6 Å². The minimum absolute atomic E-state index is 0.478. The molecule has 1 saturated heterocycles. The Morgan fingerprint density at radius 1 is 1.22 bits per heavy atom. The van der Waals surface area contributed by atoms with Gasteiger partial charge < -0.3 is 0 Å². The van der Waals surface area contributed by atoms with E-state index in [2.05, 4.69) is 37.4 Å². The standard InChI is InChI=1S/C15H26N8/c1-4-5-9-22-15(17-19-20-22)11-21-8-6-7-14(21)10-23-13(3)16-12(2)18-23/h14H,4-11H2,1-3H3. The van der Waals surface area contributed by atoms with Gasteiger partial charge in [-0.25, -0.2) is 14.3 Å². The molecule has 0 spiro atoms. The summed E-state index contributed by atoms with van der Waals surface area (Å²) in [7, 11) is 0. The van der Waals surface area contributed by atoms with Crippen molar-refractivity contribution in [1.82, 2.24) is 39.9 Å². The Hall–Kier alpha value is -1.83. The SMILES string of the molecule is CCCCn1nnnc1CN1CCCC1Cn1nc(C)nc1C. The van der Waals surface area contributed by atoms with Gasteiger partial charge in [-0.1, -0.05) is 13.3 Å². The van der Waals surface area contributed by atoms with Gasteiger partial charge in [-0.3, -0.25) is 4.90 Å². The summed E-state index contributed by atoms with van der Waals surface area (Å²) in [6.45, 7) is 9.85. The van der Waals surface area contributed by atoms with Gasteiger partial charge in [-0.05, 0) is 50.1 Å². The number of aryl methyl sites for hydroxylation is 3. The van der Waals surface area contributed by atoms with Gasteiger partial charge in [0.25, 0.3) is 0 Å². The van der Waals surface area contributed by atoms with Crippen LogP contribution in [0.5, 0.6) is 0 Å². The molecule has 2 aromatic rings. The van der Waals surface area contributed by atoms with Gasteiger partial charge in [-0.2, -0.15) is 5.10 Å². The first kappa shape index (κ1) is 16.0. The Labute approximate surface area is 136 Å². The molecule has 1 aliphatic rings. The summed E-state index contributed by atoms with van der Waals surface area (Å²) in [5.74, 6) is 2.80. The predicted molar refractivity (Wildman–Crippen MR) is 85.7 cm³/mol. The van der Waals surface area contributed by atoms with Gasteiger partial charge in [0.1, 0.15) is 11.6 Å². The number of rotatable bonds is 7. The third kappa shape index (κ3) is 3.74. The number of aromatic nitrogens is 7. The molecule has 2 aromatic heterocycles. The Morgan fingerprint density at radius 2 is 2.09 bits per heavy atom. The van der Waals surface area contributed by atoms with Crippen LogP contribution in [0.15, 0.2) is 0 Å². The second-order valence-corrected chi connectivity index (χ2v) is 6.33. The molecule has 0 aliphatic carbocycles. The molecule has 126 valence electrons. The van der Waals surface area contributed by atoms with Crippen LogP contribution >= 0.6 is 0 Å². The van der Waals surface area contributed by atoms with Crippen molar-refractivity contribution in [3.63, 3.8) is 0 Å². The van der Waals surface area contributed by atoms with Crippen molar-refractivity contribution < 1.29 is 0 Å². The van der Waals surface area contributed by atoms with E-state index in [1.165, 1.54) is 12.8 Å². The van der Waals surface area contributed by atoms with Gasteiger partial charge in [0.15, 0.2) is 5.82 Å². The number of hydrogen-bond acceptors (Lipinski definition) is 6. The second kappa shape index (κ2) is 7.16. The fourth-order valence-electron chi connectivity index (χ4n) is 3.24. The van der Waals surface area contributed by atoms with Crippen molar-refractivity contribution in [2.24, 2.45) is 0 Å². The summed E-state index contributed by atoms with van der Waals surface area (Å²) in [5, 5.41) is 16.7. The molecule has 0 saturated carbocycles. The van der Waals surface area contributed by atoms with Crippen molar-refractivity contribution in [2.45, 2.75) is 72.1 Å². The highest BCUT2D eigenvalue weighted by Gasteiger charge is 2.27. The zero-order valence-electron chi connectivity index (χ0n) is 14.3. The maximum Gasteiger partial charge on any atom is 0.165 e. The third-order valence-corrected chi connectivity index (χ3v) is 4.52. The lowest BCUT2D eigenvalue weighted by Gasteiger charge is -2.24. The number of unbranched alkanes of at least 4 members (excludes halogenated alkanes) is 1. The molecule has 0 amide bonds. The maximum absolute atomic E-state index is 4.50. The van der Waals surface area contributed by atoms with E-state index in [0.717, 1.165) is 56.5 Å². The Balaban J connectivity index is 1.65. The number of tetrazole rings is 1. The van der Waals surface area contributed by atoms with Crippen molar-refractivity contribution in [2.75, 3.05) is 6.54 Å². The Kier molecular flexibility index (Phi) is 5.00. The monoisotopic (exact) mass is 318 g/mol. The molecular weight excluding hydrogens is 292 g/mol. The van der Waals surface area contributed by atoms with Crippen LogP contribution in [-0.2, 0) is 19.6 Å². The molecule has 0 aromatic carbocycles. The highest BCUT2D eigenvalue weighted by molar-refractivity contribution is 4.91. The highest BCUT2D eigenvalue weighted by atomic mass is 15.5.